The largest absolute Gasteiger partial charge is 0.377 e. The third kappa shape index (κ3) is 1.89. The van der Waals surface area contributed by atoms with Gasteiger partial charge in [0.1, 0.15) is 17.2 Å². The molecule has 4 nitrogen and oxygen atoms in total. The van der Waals surface area contributed by atoms with Gasteiger partial charge in [-0.15, -0.1) is 0 Å². The van der Waals surface area contributed by atoms with E-state index in [2.05, 4.69) is 5.32 Å². The maximum atomic E-state index is 13.2. The van der Waals surface area contributed by atoms with Gasteiger partial charge in [-0.2, -0.15) is 0 Å². The van der Waals surface area contributed by atoms with Crippen molar-refractivity contribution in [1.29, 1.82) is 0 Å². The van der Waals surface area contributed by atoms with E-state index in [1.807, 2.05) is 13.8 Å². The van der Waals surface area contributed by atoms with E-state index in [-0.39, 0.29) is 17.7 Å². The highest BCUT2D eigenvalue weighted by Crippen LogP contribution is 2.58. The Bertz CT molecular complexity index is 585. The maximum absolute atomic E-state index is 13.2. The van der Waals surface area contributed by atoms with Gasteiger partial charge in [0.25, 0.3) is 0 Å². The molecule has 1 saturated heterocycles. The lowest BCUT2D eigenvalue weighted by Gasteiger charge is -2.60. The van der Waals surface area contributed by atoms with Crippen LogP contribution >= 0.6 is 0 Å². The van der Waals surface area contributed by atoms with E-state index in [1.54, 1.807) is 0 Å². The van der Waals surface area contributed by atoms with Crippen LogP contribution in [0.15, 0.2) is 18.2 Å². The summed E-state index contributed by atoms with van der Waals surface area (Å²) in [7, 11) is 0. The monoisotopic (exact) mass is 296 g/mol. The zero-order chi connectivity index (χ0) is 15.4. The average Bonchev–Trinajstić information content (AvgIpc) is 2.84. The molecule has 1 saturated carbocycles. The highest BCUT2D eigenvalue weighted by molar-refractivity contribution is 6.00. The van der Waals surface area contributed by atoms with Gasteiger partial charge in [0.05, 0.1) is 6.10 Å². The van der Waals surface area contributed by atoms with Crippen LogP contribution in [0.25, 0.3) is 0 Å². The van der Waals surface area contributed by atoms with Crippen molar-refractivity contribution in [1.82, 2.24) is 0 Å². The number of nitrogens with two attached hydrogens (primary N) is 1. The quantitative estimate of drug-likeness (QED) is 0.878. The van der Waals surface area contributed by atoms with Crippen LogP contribution in [-0.4, -0.2) is 24.2 Å². The first-order valence-corrected chi connectivity index (χ1v) is 6.95. The van der Waals surface area contributed by atoms with Crippen LogP contribution in [0.1, 0.15) is 20.3 Å². The van der Waals surface area contributed by atoms with E-state index in [0.717, 1.165) is 24.6 Å². The SMILES string of the molecule is CC1(C)C2OCCC2C1(N)C(=O)Nc1cc(F)cc(F)c1. The molecule has 0 radical (unpaired) electrons. The number of benzene rings is 1. The molecule has 21 heavy (non-hydrogen) atoms. The predicted octanol–water partition coefficient (Wildman–Crippen LogP) is 2.05. The molecule has 0 bridgehead atoms. The summed E-state index contributed by atoms with van der Waals surface area (Å²) < 4.78 is 32.0. The molecule has 2 aliphatic rings. The van der Waals surface area contributed by atoms with Crippen molar-refractivity contribution in [2.24, 2.45) is 17.1 Å². The highest BCUT2D eigenvalue weighted by Gasteiger charge is 2.71. The Morgan fingerprint density at radius 3 is 2.57 bits per heavy atom. The van der Waals surface area contributed by atoms with Crippen molar-refractivity contribution in [3.8, 4) is 0 Å². The molecule has 1 amide bonds. The van der Waals surface area contributed by atoms with E-state index in [0.29, 0.717) is 6.61 Å². The molecule has 0 aromatic heterocycles. The topological polar surface area (TPSA) is 64.3 Å². The van der Waals surface area contributed by atoms with Gasteiger partial charge in [-0.25, -0.2) is 8.78 Å². The fourth-order valence-electron chi connectivity index (χ4n) is 3.71. The van der Waals surface area contributed by atoms with E-state index >= 15 is 0 Å². The first kappa shape index (κ1) is 14.4. The summed E-state index contributed by atoms with van der Waals surface area (Å²) in [4.78, 5) is 12.6. The lowest BCUT2D eigenvalue weighted by atomic mass is 9.48. The average molecular weight is 296 g/mol. The number of rotatable bonds is 2. The minimum absolute atomic E-state index is 0.0440. The number of hydrogen-bond acceptors (Lipinski definition) is 3. The molecule has 3 rings (SSSR count). The summed E-state index contributed by atoms with van der Waals surface area (Å²) >= 11 is 0. The number of amides is 1. The summed E-state index contributed by atoms with van der Waals surface area (Å²) in [6.45, 7) is 4.34. The van der Waals surface area contributed by atoms with E-state index < -0.39 is 28.5 Å². The summed E-state index contributed by atoms with van der Waals surface area (Å²) in [5, 5.41) is 2.53. The van der Waals surface area contributed by atoms with Gasteiger partial charge in [0.15, 0.2) is 0 Å². The zero-order valence-electron chi connectivity index (χ0n) is 12.0. The molecule has 114 valence electrons. The molecular weight excluding hydrogens is 278 g/mol. The number of ether oxygens (including phenoxy) is 1. The van der Waals surface area contributed by atoms with Crippen LogP contribution in [-0.2, 0) is 9.53 Å². The van der Waals surface area contributed by atoms with E-state index in [1.165, 1.54) is 0 Å². The highest BCUT2D eigenvalue weighted by atomic mass is 19.1. The Kier molecular flexibility index (Phi) is 3.07. The third-order valence-corrected chi connectivity index (χ3v) is 4.95. The van der Waals surface area contributed by atoms with Crippen LogP contribution in [0.2, 0.25) is 0 Å². The van der Waals surface area contributed by atoms with Crippen LogP contribution in [0.3, 0.4) is 0 Å². The second-order valence-electron chi connectivity index (χ2n) is 6.39. The molecule has 1 aromatic rings. The fourth-order valence-corrected chi connectivity index (χ4v) is 3.71. The Hall–Kier alpha value is -1.53. The minimum atomic E-state index is -1.10. The van der Waals surface area contributed by atoms with E-state index in [4.69, 9.17) is 10.5 Å². The summed E-state index contributed by atoms with van der Waals surface area (Å²) in [6.07, 6.45) is 0.674. The molecule has 3 N–H and O–H groups in total. The number of carbonyl (C=O) groups is 1. The molecule has 1 aliphatic carbocycles. The summed E-state index contributed by atoms with van der Waals surface area (Å²) in [5.41, 5.74) is 4.80. The Labute approximate surface area is 121 Å². The first-order valence-electron chi connectivity index (χ1n) is 6.95. The fraction of sp³-hybridized carbons (Fsp3) is 0.533. The third-order valence-electron chi connectivity index (χ3n) is 4.95. The van der Waals surface area contributed by atoms with Crippen molar-refractivity contribution in [2.45, 2.75) is 31.9 Å². The molecule has 1 aliphatic heterocycles. The van der Waals surface area contributed by atoms with Crippen molar-refractivity contribution in [2.75, 3.05) is 11.9 Å². The summed E-state index contributed by atoms with van der Waals surface area (Å²) in [5.74, 6) is -1.98. The Balaban J connectivity index is 1.85. The van der Waals surface area contributed by atoms with Crippen molar-refractivity contribution in [3.63, 3.8) is 0 Å². The molecule has 6 heteroatoms. The minimum Gasteiger partial charge on any atom is -0.377 e. The molecule has 2 fully saturated rings. The van der Waals surface area contributed by atoms with E-state index in [9.17, 15) is 13.6 Å². The number of anilines is 1. The Morgan fingerprint density at radius 2 is 1.95 bits per heavy atom. The van der Waals surface area contributed by atoms with Gasteiger partial charge in [0, 0.05) is 29.7 Å². The number of nitrogens with one attached hydrogen (secondary N) is 1. The molecule has 0 spiro atoms. The smallest absolute Gasteiger partial charge is 0.245 e. The number of halogens is 2. The number of hydrogen-bond donors (Lipinski definition) is 2. The van der Waals surface area contributed by atoms with Gasteiger partial charge < -0.3 is 15.8 Å². The molecule has 1 aromatic carbocycles. The van der Waals surface area contributed by atoms with Crippen molar-refractivity contribution < 1.29 is 18.3 Å². The molecule has 1 heterocycles. The van der Waals surface area contributed by atoms with Gasteiger partial charge in [-0.05, 0) is 18.6 Å². The molecule has 3 atom stereocenters. The van der Waals surface area contributed by atoms with Gasteiger partial charge in [-0.1, -0.05) is 13.8 Å². The predicted molar refractivity (Wildman–Crippen MR) is 73.5 cm³/mol. The lowest BCUT2D eigenvalue weighted by molar-refractivity contribution is -0.170. The second-order valence-corrected chi connectivity index (χ2v) is 6.39. The van der Waals surface area contributed by atoms with Crippen molar-refractivity contribution >= 4 is 11.6 Å². The number of fused-ring (bicyclic) bond motifs is 1. The van der Waals surface area contributed by atoms with Crippen LogP contribution < -0.4 is 11.1 Å². The number of carbonyl (C=O) groups excluding carboxylic acids is 1. The van der Waals surface area contributed by atoms with Gasteiger partial charge in [0.2, 0.25) is 5.91 Å². The normalized spacial score (nSPS) is 33.2. The van der Waals surface area contributed by atoms with Gasteiger partial charge in [-0.3, -0.25) is 4.79 Å². The molecular formula is C15H18F2N2O2. The van der Waals surface area contributed by atoms with Crippen LogP contribution in [0.4, 0.5) is 14.5 Å². The molecule has 3 unspecified atom stereocenters. The van der Waals surface area contributed by atoms with Crippen molar-refractivity contribution in [3.05, 3.63) is 29.8 Å². The summed E-state index contributed by atoms with van der Waals surface area (Å²) in [6, 6.07) is 2.89. The Morgan fingerprint density at radius 1 is 1.33 bits per heavy atom. The standard InChI is InChI=1S/C15H18F2N2O2/c1-14(2)12-11(3-4-21-12)15(14,18)13(20)19-10-6-8(16)5-9(17)7-10/h5-7,11-12H,3-4,18H2,1-2H3,(H,19,20). The van der Waals surface area contributed by atoms with Crippen LogP contribution in [0, 0.1) is 23.0 Å². The van der Waals surface area contributed by atoms with Gasteiger partial charge >= 0.3 is 0 Å². The first-order chi connectivity index (χ1) is 9.76. The zero-order valence-corrected chi connectivity index (χ0v) is 12.0. The second kappa shape index (κ2) is 4.48. The van der Waals surface area contributed by atoms with Crippen LogP contribution in [0.5, 0.6) is 0 Å². The maximum Gasteiger partial charge on any atom is 0.245 e. The lowest BCUT2D eigenvalue weighted by Crippen LogP contribution is -2.79.